The molecule has 1 saturated heterocycles. The van der Waals surface area contributed by atoms with Crippen LogP contribution in [-0.4, -0.2) is 35.8 Å². The van der Waals surface area contributed by atoms with Gasteiger partial charge in [0.05, 0.1) is 0 Å². The molecule has 2 rings (SSSR count). The lowest BCUT2D eigenvalue weighted by atomic mass is 10.0. The highest BCUT2D eigenvalue weighted by molar-refractivity contribution is 9.10. The van der Waals surface area contributed by atoms with Gasteiger partial charge in [0.25, 0.3) is 5.91 Å². The van der Waals surface area contributed by atoms with E-state index in [9.17, 15) is 9.59 Å². The SMILES string of the molecule is CCCCC1C(=O)NCCN1C(=O)c1cccc(Br)c1. The predicted molar refractivity (Wildman–Crippen MR) is 81.5 cm³/mol. The Labute approximate surface area is 127 Å². The van der Waals surface area contributed by atoms with Crippen LogP contribution in [0.4, 0.5) is 0 Å². The first-order valence-electron chi connectivity index (χ1n) is 6.97. The largest absolute Gasteiger partial charge is 0.353 e. The van der Waals surface area contributed by atoms with Crippen molar-refractivity contribution in [1.29, 1.82) is 0 Å². The molecule has 1 unspecified atom stereocenters. The molecule has 1 heterocycles. The number of hydrogen-bond acceptors (Lipinski definition) is 2. The summed E-state index contributed by atoms with van der Waals surface area (Å²) in [5.74, 6) is -0.102. The van der Waals surface area contributed by atoms with Crippen LogP contribution in [0.15, 0.2) is 28.7 Å². The second-order valence-electron chi connectivity index (χ2n) is 4.96. The third-order valence-corrected chi connectivity index (χ3v) is 3.99. The van der Waals surface area contributed by atoms with Gasteiger partial charge in [-0.05, 0) is 24.6 Å². The van der Waals surface area contributed by atoms with Crippen LogP contribution in [-0.2, 0) is 4.79 Å². The maximum Gasteiger partial charge on any atom is 0.254 e. The molecule has 0 aliphatic carbocycles. The second-order valence-corrected chi connectivity index (χ2v) is 5.87. The summed E-state index contributed by atoms with van der Waals surface area (Å²) in [5, 5.41) is 2.85. The average molecular weight is 339 g/mol. The van der Waals surface area contributed by atoms with Gasteiger partial charge in [0.15, 0.2) is 0 Å². The Balaban J connectivity index is 2.19. The topological polar surface area (TPSA) is 49.4 Å². The molecule has 1 aliphatic heterocycles. The minimum absolute atomic E-state index is 0.0342. The smallest absolute Gasteiger partial charge is 0.254 e. The second kappa shape index (κ2) is 6.88. The molecule has 1 atom stereocenters. The Morgan fingerprint density at radius 1 is 1.50 bits per heavy atom. The number of benzene rings is 1. The predicted octanol–water partition coefficient (Wildman–Crippen LogP) is 2.58. The van der Waals surface area contributed by atoms with Crippen molar-refractivity contribution in [1.82, 2.24) is 10.2 Å². The first-order valence-corrected chi connectivity index (χ1v) is 7.77. The summed E-state index contributed by atoms with van der Waals surface area (Å²) < 4.78 is 0.870. The van der Waals surface area contributed by atoms with Crippen LogP contribution in [0, 0.1) is 0 Å². The van der Waals surface area contributed by atoms with Crippen LogP contribution in [0.5, 0.6) is 0 Å². The monoisotopic (exact) mass is 338 g/mol. The number of unbranched alkanes of at least 4 members (excludes halogenated alkanes) is 1. The summed E-state index contributed by atoms with van der Waals surface area (Å²) in [6.07, 6.45) is 2.69. The normalized spacial score (nSPS) is 18.8. The molecular formula is C15H19BrN2O2. The Morgan fingerprint density at radius 2 is 2.30 bits per heavy atom. The Morgan fingerprint density at radius 3 is 3.00 bits per heavy atom. The summed E-state index contributed by atoms with van der Waals surface area (Å²) in [6, 6.07) is 6.97. The lowest BCUT2D eigenvalue weighted by Gasteiger charge is -2.35. The molecule has 0 bridgehead atoms. The van der Waals surface area contributed by atoms with Crippen molar-refractivity contribution in [2.45, 2.75) is 32.2 Å². The van der Waals surface area contributed by atoms with Gasteiger partial charge in [-0.25, -0.2) is 0 Å². The van der Waals surface area contributed by atoms with Gasteiger partial charge in [0.2, 0.25) is 5.91 Å². The number of rotatable bonds is 4. The van der Waals surface area contributed by atoms with Crippen molar-refractivity contribution in [3.8, 4) is 0 Å². The van der Waals surface area contributed by atoms with E-state index >= 15 is 0 Å². The van der Waals surface area contributed by atoms with Crippen molar-refractivity contribution < 1.29 is 9.59 Å². The number of nitrogens with zero attached hydrogens (tertiary/aromatic N) is 1. The van der Waals surface area contributed by atoms with Crippen LogP contribution in [0.2, 0.25) is 0 Å². The van der Waals surface area contributed by atoms with Gasteiger partial charge in [0, 0.05) is 23.1 Å². The number of hydrogen-bond donors (Lipinski definition) is 1. The van der Waals surface area contributed by atoms with Crippen LogP contribution in [0.3, 0.4) is 0 Å². The van der Waals surface area contributed by atoms with Crippen molar-refractivity contribution in [3.05, 3.63) is 34.3 Å². The zero-order valence-corrected chi connectivity index (χ0v) is 13.1. The molecule has 2 amide bonds. The van der Waals surface area contributed by atoms with E-state index in [1.165, 1.54) is 0 Å². The zero-order valence-electron chi connectivity index (χ0n) is 11.6. The van der Waals surface area contributed by atoms with Gasteiger partial charge < -0.3 is 10.2 Å². The van der Waals surface area contributed by atoms with Crippen molar-refractivity contribution >= 4 is 27.7 Å². The van der Waals surface area contributed by atoms with Crippen LogP contribution in [0.1, 0.15) is 36.5 Å². The zero-order chi connectivity index (χ0) is 14.5. The van der Waals surface area contributed by atoms with Gasteiger partial charge in [-0.1, -0.05) is 41.8 Å². The Hall–Kier alpha value is -1.36. The molecule has 4 nitrogen and oxygen atoms in total. The molecule has 0 radical (unpaired) electrons. The summed E-state index contributed by atoms with van der Waals surface area (Å²) in [7, 11) is 0. The molecule has 1 fully saturated rings. The molecule has 1 aromatic carbocycles. The van der Waals surface area contributed by atoms with E-state index in [2.05, 4.69) is 28.2 Å². The maximum absolute atomic E-state index is 12.6. The number of amides is 2. The van der Waals surface area contributed by atoms with Crippen LogP contribution < -0.4 is 5.32 Å². The third-order valence-electron chi connectivity index (χ3n) is 3.49. The standard InChI is InChI=1S/C15H19BrN2O2/c1-2-3-7-13-14(19)17-8-9-18(13)15(20)11-5-4-6-12(16)10-11/h4-6,10,13H,2-3,7-9H2,1H3,(H,17,19). The molecule has 5 heteroatoms. The fourth-order valence-corrected chi connectivity index (χ4v) is 2.83. The van der Waals surface area contributed by atoms with Crippen molar-refractivity contribution in [3.63, 3.8) is 0 Å². The number of halogens is 1. The Bertz CT molecular complexity index is 504. The third kappa shape index (κ3) is 3.39. The van der Waals surface area contributed by atoms with Gasteiger partial charge >= 0.3 is 0 Å². The highest BCUT2D eigenvalue weighted by Crippen LogP contribution is 2.18. The highest BCUT2D eigenvalue weighted by atomic mass is 79.9. The van der Waals surface area contributed by atoms with E-state index in [0.717, 1.165) is 23.7 Å². The summed E-state index contributed by atoms with van der Waals surface area (Å²) in [5.41, 5.74) is 0.621. The minimum atomic E-state index is -0.338. The van der Waals surface area contributed by atoms with E-state index in [1.54, 1.807) is 17.0 Å². The van der Waals surface area contributed by atoms with E-state index in [1.807, 2.05) is 12.1 Å². The summed E-state index contributed by atoms with van der Waals surface area (Å²) >= 11 is 3.37. The molecule has 1 aromatic rings. The molecule has 0 spiro atoms. The fraction of sp³-hybridized carbons (Fsp3) is 0.467. The lowest BCUT2D eigenvalue weighted by Crippen LogP contribution is -2.57. The summed E-state index contributed by atoms with van der Waals surface area (Å²) in [4.78, 5) is 26.3. The van der Waals surface area contributed by atoms with Crippen LogP contribution in [0.25, 0.3) is 0 Å². The first-order chi connectivity index (χ1) is 9.63. The Kier molecular flexibility index (Phi) is 5.17. The molecular weight excluding hydrogens is 320 g/mol. The first kappa shape index (κ1) is 15.0. The van der Waals surface area contributed by atoms with Crippen molar-refractivity contribution in [2.24, 2.45) is 0 Å². The maximum atomic E-state index is 12.6. The average Bonchev–Trinajstić information content (AvgIpc) is 2.45. The van der Waals surface area contributed by atoms with Gasteiger partial charge in [0.1, 0.15) is 6.04 Å². The molecule has 108 valence electrons. The molecule has 1 N–H and O–H groups in total. The molecule has 0 saturated carbocycles. The van der Waals surface area contributed by atoms with E-state index in [-0.39, 0.29) is 17.9 Å². The molecule has 20 heavy (non-hydrogen) atoms. The van der Waals surface area contributed by atoms with Gasteiger partial charge in [-0.15, -0.1) is 0 Å². The van der Waals surface area contributed by atoms with E-state index in [4.69, 9.17) is 0 Å². The number of carbonyl (C=O) groups excluding carboxylic acids is 2. The lowest BCUT2D eigenvalue weighted by molar-refractivity contribution is -0.128. The van der Waals surface area contributed by atoms with E-state index < -0.39 is 0 Å². The van der Waals surface area contributed by atoms with E-state index in [0.29, 0.717) is 18.7 Å². The highest BCUT2D eigenvalue weighted by Gasteiger charge is 2.32. The number of nitrogens with one attached hydrogen (secondary N) is 1. The summed E-state index contributed by atoms with van der Waals surface area (Å²) in [6.45, 7) is 3.19. The molecule has 1 aliphatic rings. The fourth-order valence-electron chi connectivity index (χ4n) is 2.43. The number of piperazine rings is 1. The minimum Gasteiger partial charge on any atom is -0.353 e. The quantitative estimate of drug-likeness (QED) is 0.917. The van der Waals surface area contributed by atoms with Gasteiger partial charge in [-0.3, -0.25) is 9.59 Å². The number of carbonyl (C=O) groups is 2. The van der Waals surface area contributed by atoms with Crippen molar-refractivity contribution in [2.75, 3.05) is 13.1 Å². The van der Waals surface area contributed by atoms with Gasteiger partial charge in [-0.2, -0.15) is 0 Å². The van der Waals surface area contributed by atoms with Crippen LogP contribution >= 0.6 is 15.9 Å². The molecule has 0 aromatic heterocycles.